The summed E-state index contributed by atoms with van der Waals surface area (Å²) in [6.07, 6.45) is 2.01. The molecule has 1 aromatic rings. The van der Waals surface area contributed by atoms with Crippen LogP contribution in [0.5, 0.6) is 5.75 Å². The highest BCUT2D eigenvalue weighted by Gasteiger charge is 2.31. The van der Waals surface area contributed by atoms with Gasteiger partial charge in [0, 0.05) is 13.0 Å². The van der Waals surface area contributed by atoms with Crippen LogP contribution < -0.4 is 10.1 Å². The molecular weight excluding hydrogens is 397 g/mol. The lowest BCUT2D eigenvalue weighted by Gasteiger charge is -2.29. The monoisotopic (exact) mass is 430 g/mol. The van der Waals surface area contributed by atoms with Crippen molar-refractivity contribution in [3.05, 3.63) is 29.8 Å². The molecule has 1 unspecified atom stereocenters. The third-order valence-electron chi connectivity index (χ3n) is 5.34. The largest absolute Gasteiger partial charge is 0.573 e. The van der Waals surface area contributed by atoms with Gasteiger partial charge in [-0.3, -0.25) is 4.79 Å². The van der Waals surface area contributed by atoms with Gasteiger partial charge in [0.15, 0.2) is 0 Å². The zero-order chi connectivity index (χ0) is 22.0. The molecule has 0 aromatic heterocycles. The van der Waals surface area contributed by atoms with Gasteiger partial charge in [0.2, 0.25) is 5.91 Å². The predicted octanol–water partition coefficient (Wildman–Crippen LogP) is 4.56. The number of likely N-dealkylation sites (tertiary alicyclic amines) is 1. The van der Waals surface area contributed by atoms with Gasteiger partial charge < -0.3 is 20.1 Å². The number of carbonyl (C=O) groups is 1. The zero-order valence-corrected chi connectivity index (χ0v) is 17.6. The Morgan fingerprint density at radius 3 is 2.37 bits per heavy atom. The van der Waals surface area contributed by atoms with Gasteiger partial charge in [-0.15, -0.1) is 13.2 Å². The third kappa shape index (κ3) is 8.92. The molecule has 8 heteroatoms. The molecule has 1 saturated heterocycles. The molecule has 0 bridgehead atoms. The summed E-state index contributed by atoms with van der Waals surface area (Å²) in [5, 5.41) is 13.8. The van der Waals surface area contributed by atoms with E-state index in [0.717, 1.165) is 58.0 Å². The molecule has 1 aliphatic heterocycles. The minimum atomic E-state index is -4.76. The maximum absolute atomic E-state index is 12.4. The van der Waals surface area contributed by atoms with E-state index in [1.165, 1.54) is 24.3 Å². The number of aliphatic hydroxyl groups excluding tert-OH is 1. The Balaban J connectivity index is 1.97. The molecule has 0 radical (unpaired) electrons. The minimum Gasteiger partial charge on any atom is -0.406 e. The van der Waals surface area contributed by atoms with Crippen LogP contribution in [-0.2, 0) is 4.79 Å². The van der Waals surface area contributed by atoms with Crippen molar-refractivity contribution in [3.8, 4) is 5.75 Å². The molecule has 0 spiro atoms. The Morgan fingerprint density at radius 1 is 1.13 bits per heavy atom. The van der Waals surface area contributed by atoms with Gasteiger partial charge in [-0.1, -0.05) is 44.7 Å². The summed E-state index contributed by atoms with van der Waals surface area (Å²) < 4.78 is 40.9. The van der Waals surface area contributed by atoms with E-state index in [-0.39, 0.29) is 11.7 Å². The van der Waals surface area contributed by atoms with Crippen molar-refractivity contribution < 1.29 is 27.8 Å². The van der Waals surface area contributed by atoms with Crippen molar-refractivity contribution in [2.75, 3.05) is 19.6 Å². The topological polar surface area (TPSA) is 61.8 Å². The highest BCUT2D eigenvalue weighted by atomic mass is 19.4. The summed E-state index contributed by atoms with van der Waals surface area (Å²) in [7, 11) is 0. The molecule has 1 heterocycles. The van der Waals surface area contributed by atoms with Crippen LogP contribution in [0, 0.1) is 0 Å². The Morgan fingerprint density at radius 2 is 1.77 bits per heavy atom. The van der Waals surface area contributed by atoms with Crippen molar-refractivity contribution in [2.45, 2.75) is 76.8 Å². The first-order valence-corrected chi connectivity index (χ1v) is 10.8. The maximum atomic E-state index is 12.4. The summed E-state index contributed by atoms with van der Waals surface area (Å²) in [5.41, 5.74) is 0.442. The molecule has 2 rings (SSSR count). The van der Waals surface area contributed by atoms with Gasteiger partial charge >= 0.3 is 6.36 Å². The maximum Gasteiger partial charge on any atom is 0.573 e. The lowest BCUT2D eigenvalue weighted by atomic mass is 10.0. The average Bonchev–Trinajstić information content (AvgIpc) is 3.19. The van der Waals surface area contributed by atoms with Crippen LogP contribution in [0.4, 0.5) is 13.2 Å². The Labute approximate surface area is 176 Å². The summed E-state index contributed by atoms with van der Waals surface area (Å²) in [6, 6.07) is 4.63. The number of hydrogen-bond acceptors (Lipinski definition) is 4. The number of alkyl halides is 3. The summed E-state index contributed by atoms with van der Waals surface area (Å²) in [4.78, 5) is 14.6. The number of amides is 1. The first kappa shape index (κ1) is 24.5. The van der Waals surface area contributed by atoms with Gasteiger partial charge in [0.05, 0.1) is 6.04 Å². The van der Waals surface area contributed by atoms with Crippen LogP contribution in [0.3, 0.4) is 0 Å². The predicted molar refractivity (Wildman–Crippen MR) is 109 cm³/mol. The standard InChI is InChI=1S/C22H33F3N2O3/c1-2-3-4-5-6-9-20(28)26-19(16-27-14-7-8-15-27)21(29)17-10-12-18(13-11-17)30-22(23,24)25/h10-13,19,21,29H,2-9,14-16H2,1H3,(H,26,28)/t19-,21?/m1/s1. The minimum absolute atomic E-state index is 0.105. The van der Waals surface area contributed by atoms with Crippen molar-refractivity contribution in [2.24, 2.45) is 0 Å². The lowest BCUT2D eigenvalue weighted by molar-refractivity contribution is -0.274. The molecule has 0 saturated carbocycles. The first-order chi connectivity index (χ1) is 14.3. The summed E-state index contributed by atoms with van der Waals surface area (Å²) >= 11 is 0. The average molecular weight is 431 g/mol. The third-order valence-corrected chi connectivity index (χ3v) is 5.34. The van der Waals surface area contributed by atoms with E-state index >= 15 is 0 Å². The van der Waals surface area contributed by atoms with E-state index < -0.39 is 18.5 Å². The molecule has 30 heavy (non-hydrogen) atoms. The Kier molecular flexibility index (Phi) is 9.91. The van der Waals surface area contributed by atoms with E-state index in [4.69, 9.17) is 0 Å². The summed E-state index contributed by atoms with van der Waals surface area (Å²) in [5.74, 6) is -0.447. The number of ether oxygens (including phenoxy) is 1. The van der Waals surface area contributed by atoms with Gasteiger partial charge in [0.1, 0.15) is 11.9 Å². The smallest absolute Gasteiger partial charge is 0.406 e. The Hall–Kier alpha value is -1.80. The van der Waals surface area contributed by atoms with E-state index in [1.807, 2.05) is 0 Å². The number of hydrogen-bond donors (Lipinski definition) is 2. The second-order valence-electron chi connectivity index (χ2n) is 7.91. The SMILES string of the molecule is CCCCCCCC(=O)N[C@H](CN1CCCC1)C(O)c1ccc(OC(F)(F)F)cc1. The van der Waals surface area contributed by atoms with E-state index in [9.17, 15) is 23.1 Å². The van der Waals surface area contributed by atoms with Crippen molar-refractivity contribution in [1.29, 1.82) is 0 Å². The molecular formula is C22H33F3N2O3. The molecule has 1 aliphatic rings. The van der Waals surface area contributed by atoms with Crippen molar-refractivity contribution in [1.82, 2.24) is 10.2 Å². The molecule has 0 aliphatic carbocycles. The number of benzene rings is 1. The van der Waals surface area contributed by atoms with Crippen LogP contribution in [0.15, 0.2) is 24.3 Å². The molecule has 1 aromatic carbocycles. The number of nitrogens with one attached hydrogen (secondary N) is 1. The van der Waals surface area contributed by atoms with Crippen LogP contribution in [0.1, 0.15) is 70.0 Å². The number of carbonyl (C=O) groups excluding carboxylic acids is 1. The van der Waals surface area contributed by atoms with Gasteiger partial charge in [0.25, 0.3) is 0 Å². The van der Waals surface area contributed by atoms with E-state index in [0.29, 0.717) is 18.5 Å². The number of unbranched alkanes of at least 4 members (excludes halogenated alkanes) is 4. The van der Waals surface area contributed by atoms with Crippen LogP contribution in [-0.4, -0.2) is 48.0 Å². The van der Waals surface area contributed by atoms with Crippen molar-refractivity contribution in [3.63, 3.8) is 0 Å². The van der Waals surface area contributed by atoms with Crippen LogP contribution in [0.25, 0.3) is 0 Å². The zero-order valence-electron chi connectivity index (χ0n) is 17.6. The Bertz CT molecular complexity index is 632. The van der Waals surface area contributed by atoms with Crippen molar-refractivity contribution >= 4 is 5.91 Å². The number of aliphatic hydroxyl groups is 1. The fourth-order valence-electron chi connectivity index (χ4n) is 3.73. The molecule has 2 atom stereocenters. The highest BCUT2D eigenvalue weighted by Crippen LogP contribution is 2.26. The first-order valence-electron chi connectivity index (χ1n) is 10.8. The fraction of sp³-hybridized carbons (Fsp3) is 0.682. The number of halogens is 3. The molecule has 1 fully saturated rings. The number of nitrogens with zero attached hydrogens (tertiary/aromatic N) is 1. The summed E-state index contributed by atoms with van der Waals surface area (Å²) in [6.45, 7) is 4.46. The molecule has 1 amide bonds. The van der Waals surface area contributed by atoms with Gasteiger partial charge in [-0.05, 0) is 50.0 Å². The quantitative estimate of drug-likeness (QED) is 0.477. The fourth-order valence-corrected chi connectivity index (χ4v) is 3.73. The molecule has 2 N–H and O–H groups in total. The second-order valence-corrected chi connectivity index (χ2v) is 7.91. The number of rotatable bonds is 12. The second kappa shape index (κ2) is 12.2. The van der Waals surface area contributed by atoms with Crippen LogP contribution >= 0.6 is 0 Å². The highest BCUT2D eigenvalue weighted by molar-refractivity contribution is 5.76. The van der Waals surface area contributed by atoms with Crippen LogP contribution in [0.2, 0.25) is 0 Å². The molecule has 5 nitrogen and oxygen atoms in total. The van der Waals surface area contributed by atoms with E-state index in [1.54, 1.807) is 0 Å². The molecule has 170 valence electrons. The van der Waals surface area contributed by atoms with Gasteiger partial charge in [-0.25, -0.2) is 0 Å². The lowest BCUT2D eigenvalue weighted by Crippen LogP contribution is -2.46. The normalized spacial score (nSPS) is 17.0. The van der Waals surface area contributed by atoms with Gasteiger partial charge in [-0.2, -0.15) is 0 Å². The van der Waals surface area contributed by atoms with E-state index in [2.05, 4.69) is 21.9 Å².